The van der Waals surface area contributed by atoms with Crippen LogP contribution >= 0.6 is 0 Å². The number of carbonyl (C=O) groups excluding carboxylic acids is 3. The number of nitrogens with one attached hydrogen (secondary N) is 1. The van der Waals surface area contributed by atoms with Gasteiger partial charge in [-0.05, 0) is 62.3 Å². The standard InChI is InChI=1S/C25H30FN3O4/c26-20-7-2-1-6-18(20)10-13-27-23(30)19-11-15-28(16-12-19)24(31)21-8-3-4-14-29(21)25(32)22-9-5-17-33-22/h1-2,5-7,9,17,19,21H,3-4,8,10-16H2,(H,27,30). The Kier molecular flexibility index (Phi) is 7.42. The van der Waals surface area contributed by atoms with Crippen molar-refractivity contribution in [2.24, 2.45) is 5.92 Å². The fourth-order valence-corrected chi connectivity index (χ4v) is 4.71. The Labute approximate surface area is 192 Å². The van der Waals surface area contributed by atoms with Crippen molar-refractivity contribution in [3.63, 3.8) is 0 Å². The molecule has 1 atom stereocenters. The van der Waals surface area contributed by atoms with E-state index in [1.807, 2.05) is 0 Å². The van der Waals surface area contributed by atoms with Crippen LogP contribution in [0.1, 0.15) is 48.2 Å². The van der Waals surface area contributed by atoms with Crippen LogP contribution in [0.5, 0.6) is 0 Å². The van der Waals surface area contributed by atoms with E-state index in [-0.39, 0.29) is 35.2 Å². The van der Waals surface area contributed by atoms with Crippen molar-refractivity contribution in [3.05, 3.63) is 59.8 Å². The number of furan rings is 1. The summed E-state index contributed by atoms with van der Waals surface area (Å²) in [4.78, 5) is 42.0. The second-order valence-corrected chi connectivity index (χ2v) is 8.72. The third-order valence-electron chi connectivity index (χ3n) is 6.61. The molecule has 0 aliphatic carbocycles. The van der Waals surface area contributed by atoms with Crippen molar-refractivity contribution < 1.29 is 23.2 Å². The van der Waals surface area contributed by atoms with Gasteiger partial charge in [0.15, 0.2) is 5.76 Å². The second-order valence-electron chi connectivity index (χ2n) is 8.72. The first-order valence-electron chi connectivity index (χ1n) is 11.7. The topological polar surface area (TPSA) is 82.9 Å². The van der Waals surface area contributed by atoms with Crippen LogP contribution in [0.2, 0.25) is 0 Å². The highest BCUT2D eigenvalue weighted by Crippen LogP contribution is 2.25. The van der Waals surface area contributed by atoms with Crippen LogP contribution in [-0.2, 0) is 16.0 Å². The van der Waals surface area contributed by atoms with Gasteiger partial charge in [-0.15, -0.1) is 0 Å². The minimum absolute atomic E-state index is 0.0481. The van der Waals surface area contributed by atoms with E-state index >= 15 is 0 Å². The zero-order valence-corrected chi connectivity index (χ0v) is 18.7. The molecule has 0 radical (unpaired) electrons. The number of likely N-dealkylation sites (tertiary alicyclic amines) is 2. The summed E-state index contributed by atoms with van der Waals surface area (Å²) in [5, 5.41) is 2.90. The molecular formula is C25H30FN3O4. The van der Waals surface area contributed by atoms with Crippen LogP contribution in [0.4, 0.5) is 4.39 Å². The normalized spacial score (nSPS) is 19.4. The van der Waals surface area contributed by atoms with Crippen LogP contribution in [0, 0.1) is 11.7 Å². The van der Waals surface area contributed by atoms with Crippen molar-refractivity contribution >= 4 is 17.7 Å². The summed E-state index contributed by atoms with van der Waals surface area (Å²) in [7, 11) is 0. The smallest absolute Gasteiger partial charge is 0.290 e. The lowest BCUT2D eigenvalue weighted by Gasteiger charge is -2.39. The molecule has 4 rings (SSSR count). The van der Waals surface area contributed by atoms with Gasteiger partial charge in [-0.1, -0.05) is 18.2 Å². The Morgan fingerprint density at radius 3 is 2.52 bits per heavy atom. The van der Waals surface area contributed by atoms with E-state index in [1.54, 1.807) is 40.1 Å². The number of hydrogen-bond acceptors (Lipinski definition) is 4. The van der Waals surface area contributed by atoms with Gasteiger partial charge in [0, 0.05) is 32.1 Å². The SMILES string of the molecule is O=C(NCCc1ccccc1F)C1CCN(C(=O)C2CCCCN2C(=O)c2ccco2)CC1. The van der Waals surface area contributed by atoms with E-state index in [1.165, 1.54) is 12.3 Å². The monoisotopic (exact) mass is 455 g/mol. The molecule has 176 valence electrons. The maximum Gasteiger partial charge on any atom is 0.290 e. The molecule has 33 heavy (non-hydrogen) atoms. The summed E-state index contributed by atoms with van der Waals surface area (Å²) in [6.45, 7) is 1.90. The van der Waals surface area contributed by atoms with Gasteiger partial charge in [0.05, 0.1) is 6.26 Å². The van der Waals surface area contributed by atoms with Crippen molar-refractivity contribution in [2.45, 2.75) is 44.6 Å². The number of nitrogens with zero attached hydrogens (tertiary/aromatic N) is 2. The Hall–Kier alpha value is -3.16. The molecule has 0 bridgehead atoms. The van der Waals surface area contributed by atoms with Gasteiger partial charge in [-0.3, -0.25) is 14.4 Å². The van der Waals surface area contributed by atoms with Gasteiger partial charge >= 0.3 is 0 Å². The molecule has 1 unspecified atom stereocenters. The third-order valence-corrected chi connectivity index (χ3v) is 6.61. The lowest BCUT2D eigenvalue weighted by Crippen LogP contribution is -2.54. The summed E-state index contributed by atoms with van der Waals surface area (Å²) < 4.78 is 19.0. The summed E-state index contributed by atoms with van der Waals surface area (Å²) >= 11 is 0. The molecule has 2 fully saturated rings. The average Bonchev–Trinajstić information content (AvgIpc) is 3.39. The number of amides is 3. The summed E-state index contributed by atoms with van der Waals surface area (Å²) in [5.41, 5.74) is 0.583. The second kappa shape index (κ2) is 10.6. The van der Waals surface area contributed by atoms with Crippen molar-refractivity contribution in [1.82, 2.24) is 15.1 Å². The first-order valence-corrected chi connectivity index (χ1v) is 11.7. The Balaban J connectivity index is 1.27. The van der Waals surface area contributed by atoms with Crippen LogP contribution in [0.3, 0.4) is 0 Å². The van der Waals surface area contributed by atoms with E-state index in [2.05, 4.69) is 5.32 Å². The highest BCUT2D eigenvalue weighted by molar-refractivity contribution is 5.95. The highest BCUT2D eigenvalue weighted by atomic mass is 19.1. The molecule has 2 aliphatic rings. The van der Waals surface area contributed by atoms with Crippen LogP contribution in [-0.4, -0.2) is 59.7 Å². The largest absolute Gasteiger partial charge is 0.459 e. The van der Waals surface area contributed by atoms with E-state index in [9.17, 15) is 18.8 Å². The average molecular weight is 456 g/mol. The van der Waals surface area contributed by atoms with Gasteiger partial charge < -0.3 is 19.5 Å². The summed E-state index contributed by atoms with van der Waals surface area (Å²) in [6, 6.07) is 9.36. The molecule has 0 spiro atoms. The maximum atomic E-state index is 13.7. The molecule has 2 aromatic rings. The maximum absolute atomic E-state index is 13.7. The first kappa shape index (κ1) is 23.0. The predicted octanol–water partition coefficient (Wildman–Crippen LogP) is 3.01. The number of hydrogen-bond donors (Lipinski definition) is 1. The molecule has 0 saturated carbocycles. The van der Waals surface area contributed by atoms with Crippen LogP contribution < -0.4 is 5.32 Å². The number of benzene rings is 1. The number of halogens is 1. The molecule has 1 aromatic carbocycles. The predicted molar refractivity (Wildman–Crippen MR) is 120 cm³/mol. The zero-order chi connectivity index (χ0) is 23.2. The molecule has 7 nitrogen and oxygen atoms in total. The van der Waals surface area contributed by atoms with Gasteiger partial charge in [-0.2, -0.15) is 0 Å². The first-order chi connectivity index (χ1) is 16.0. The number of rotatable bonds is 6. The molecule has 2 aliphatic heterocycles. The third kappa shape index (κ3) is 5.43. The Bertz CT molecular complexity index is 970. The van der Waals surface area contributed by atoms with Gasteiger partial charge in [-0.25, -0.2) is 4.39 Å². The Morgan fingerprint density at radius 2 is 1.79 bits per heavy atom. The minimum Gasteiger partial charge on any atom is -0.459 e. The highest BCUT2D eigenvalue weighted by Gasteiger charge is 2.37. The lowest BCUT2D eigenvalue weighted by atomic mass is 9.94. The lowest BCUT2D eigenvalue weighted by molar-refractivity contribution is -0.140. The molecular weight excluding hydrogens is 425 g/mol. The van der Waals surface area contributed by atoms with E-state index in [4.69, 9.17) is 4.42 Å². The van der Waals surface area contributed by atoms with Gasteiger partial charge in [0.25, 0.3) is 5.91 Å². The van der Waals surface area contributed by atoms with Crippen LogP contribution in [0.25, 0.3) is 0 Å². The molecule has 2 saturated heterocycles. The number of carbonyl (C=O) groups is 3. The molecule has 1 aromatic heterocycles. The fraction of sp³-hybridized carbons (Fsp3) is 0.480. The van der Waals surface area contributed by atoms with Crippen molar-refractivity contribution in [2.75, 3.05) is 26.2 Å². The molecule has 3 heterocycles. The van der Waals surface area contributed by atoms with Crippen LogP contribution in [0.15, 0.2) is 47.1 Å². The van der Waals surface area contributed by atoms with Gasteiger partial charge in [0.1, 0.15) is 11.9 Å². The quantitative estimate of drug-likeness (QED) is 0.726. The Morgan fingerprint density at radius 1 is 1.00 bits per heavy atom. The molecule has 8 heteroatoms. The van der Waals surface area contributed by atoms with E-state index in [0.717, 1.165) is 12.8 Å². The zero-order valence-electron chi connectivity index (χ0n) is 18.7. The summed E-state index contributed by atoms with van der Waals surface area (Å²) in [5.74, 6) is -0.524. The van der Waals surface area contributed by atoms with E-state index < -0.39 is 6.04 Å². The van der Waals surface area contributed by atoms with Gasteiger partial charge in [0.2, 0.25) is 11.8 Å². The number of piperidine rings is 2. The van der Waals surface area contributed by atoms with Crippen molar-refractivity contribution in [3.8, 4) is 0 Å². The fourth-order valence-electron chi connectivity index (χ4n) is 4.71. The minimum atomic E-state index is -0.484. The molecule has 3 amide bonds. The van der Waals surface area contributed by atoms with Crippen molar-refractivity contribution in [1.29, 1.82) is 0 Å². The van der Waals surface area contributed by atoms with E-state index in [0.29, 0.717) is 57.4 Å². The summed E-state index contributed by atoms with van der Waals surface area (Å²) in [6.07, 6.45) is 5.47. The molecule has 1 N–H and O–H groups in total.